The molecule has 160 valence electrons. The van der Waals surface area contributed by atoms with Crippen LogP contribution in [0, 0.1) is 10.8 Å². The lowest BCUT2D eigenvalue weighted by atomic mass is 10.0. The summed E-state index contributed by atoms with van der Waals surface area (Å²) in [5, 5.41) is 21.0. The molecule has 0 bridgehead atoms. The number of ether oxygens (including phenoxy) is 2. The van der Waals surface area contributed by atoms with Gasteiger partial charge in [0.1, 0.15) is 17.3 Å². The molecule has 0 radical (unpaired) electrons. The number of para-hydroxylation sites is 1. The Balaban J connectivity index is 1.78. The summed E-state index contributed by atoms with van der Waals surface area (Å²) in [6.45, 7) is 7.63. The smallest absolute Gasteiger partial charge is 0.175 e. The second-order valence-electron chi connectivity index (χ2n) is 6.81. The van der Waals surface area contributed by atoms with Crippen LogP contribution >= 0.6 is 11.8 Å². The molecule has 0 amide bonds. The predicted molar refractivity (Wildman–Crippen MR) is 128 cm³/mol. The first-order chi connectivity index (χ1) is 15.1. The summed E-state index contributed by atoms with van der Waals surface area (Å²) in [6, 6.07) is 13.7. The summed E-state index contributed by atoms with van der Waals surface area (Å²) in [6.07, 6.45) is 0. The summed E-state index contributed by atoms with van der Waals surface area (Å²) in [5.74, 6) is 1.70. The molecule has 0 fully saturated rings. The van der Waals surface area contributed by atoms with Gasteiger partial charge < -0.3 is 19.7 Å². The monoisotopic (exact) mass is 435 g/mol. The fraction of sp³-hybridized carbons (Fsp3) is 0.261. The summed E-state index contributed by atoms with van der Waals surface area (Å²) in [5.41, 5.74) is 3.11. The lowest BCUT2D eigenvalue weighted by Crippen LogP contribution is -2.27. The summed E-state index contributed by atoms with van der Waals surface area (Å²) in [7, 11) is 0. The molecule has 2 aliphatic heterocycles. The molecule has 7 nitrogen and oxygen atoms in total. The van der Waals surface area contributed by atoms with Gasteiger partial charge in [0, 0.05) is 12.2 Å². The van der Waals surface area contributed by atoms with Crippen LogP contribution in [0.1, 0.15) is 31.9 Å². The van der Waals surface area contributed by atoms with E-state index in [1.165, 1.54) is 11.8 Å². The highest BCUT2D eigenvalue weighted by molar-refractivity contribution is 8.19. The van der Waals surface area contributed by atoms with Crippen LogP contribution in [0.15, 0.2) is 52.4 Å². The fourth-order valence-electron chi connectivity index (χ4n) is 3.66. The lowest BCUT2D eigenvalue weighted by Gasteiger charge is -2.21. The minimum atomic E-state index is 0.168. The number of amidine groups is 3. The van der Waals surface area contributed by atoms with Crippen molar-refractivity contribution in [1.29, 1.82) is 10.8 Å². The van der Waals surface area contributed by atoms with Gasteiger partial charge in [-0.15, -0.1) is 0 Å². The van der Waals surface area contributed by atoms with Crippen molar-refractivity contribution in [3.63, 3.8) is 0 Å². The third kappa shape index (κ3) is 3.79. The highest BCUT2D eigenvalue weighted by atomic mass is 32.2. The van der Waals surface area contributed by atoms with Crippen LogP contribution in [0.25, 0.3) is 5.70 Å². The molecular weight excluding hydrogens is 410 g/mol. The van der Waals surface area contributed by atoms with Gasteiger partial charge in [-0.1, -0.05) is 18.2 Å². The van der Waals surface area contributed by atoms with Crippen LogP contribution in [0.5, 0.6) is 11.5 Å². The van der Waals surface area contributed by atoms with Crippen molar-refractivity contribution in [3.05, 3.63) is 58.5 Å². The molecule has 2 heterocycles. The maximum atomic E-state index is 8.57. The van der Waals surface area contributed by atoms with Gasteiger partial charge in [0.2, 0.25) is 0 Å². The van der Waals surface area contributed by atoms with Crippen LogP contribution in [0.2, 0.25) is 0 Å². The van der Waals surface area contributed by atoms with Crippen LogP contribution in [0.4, 0.5) is 5.69 Å². The van der Waals surface area contributed by atoms with Crippen molar-refractivity contribution in [2.75, 3.05) is 24.7 Å². The molecule has 0 saturated carbocycles. The van der Waals surface area contributed by atoms with Crippen LogP contribution in [-0.2, 0) is 0 Å². The zero-order valence-electron chi connectivity index (χ0n) is 17.8. The first-order valence-corrected chi connectivity index (χ1v) is 11.1. The maximum Gasteiger partial charge on any atom is 0.175 e. The number of hydrogen-bond acceptors (Lipinski definition) is 6. The summed E-state index contributed by atoms with van der Waals surface area (Å²) >= 11 is 1.43. The first kappa shape index (κ1) is 21.0. The standard InChI is InChI=1S/C23H25N5O2S/c1-4-28(14-10-8-7-9-11-14)23-27-22(25)20(31-23)19-17-15(29-5-2)12-13-16(30-6-3)18(17)21(24)26-19/h7-13,25H,4-6H2,1-3H3,(H2,24,26). The minimum Gasteiger partial charge on any atom is -0.493 e. The van der Waals surface area contributed by atoms with Crippen LogP contribution in [-0.4, -0.2) is 36.6 Å². The van der Waals surface area contributed by atoms with Gasteiger partial charge in [-0.05, 0) is 56.8 Å². The van der Waals surface area contributed by atoms with E-state index < -0.39 is 0 Å². The molecule has 0 saturated heterocycles. The number of fused-ring (bicyclic) bond motifs is 1. The van der Waals surface area contributed by atoms with E-state index in [1.807, 2.05) is 56.3 Å². The second kappa shape index (κ2) is 8.85. The molecule has 2 aromatic rings. The van der Waals surface area contributed by atoms with E-state index in [-0.39, 0.29) is 11.7 Å². The third-order valence-electron chi connectivity index (χ3n) is 4.94. The third-order valence-corrected chi connectivity index (χ3v) is 6.03. The summed E-state index contributed by atoms with van der Waals surface area (Å²) < 4.78 is 11.6. The number of benzene rings is 2. The Kier molecular flexibility index (Phi) is 5.99. The molecule has 2 aromatic carbocycles. The van der Waals surface area contributed by atoms with Crippen molar-refractivity contribution < 1.29 is 9.47 Å². The van der Waals surface area contributed by atoms with Crippen LogP contribution in [0.3, 0.4) is 0 Å². The lowest BCUT2D eigenvalue weighted by molar-refractivity contribution is 0.329. The van der Waals surface area contributed by atoms with Gasteiger partial charge in [0.15, 0.2) is 11.0 Å². The normalized spacial score (nSPS) is 17.3. The van der Waals surface area contributed by atoms with Crippen molar-refractivity contribution in [1.82, 2.24) is 5.32 Å². The molecule has 0 aliphatic carbocycles. The molecule has 0 spiro atoms. The maximum absolute atomic E-state index is 8.57. The van der Waals surface area contributed by atoms with E-state index in [1.54, 1.807) is 0 Å². The SMILES string of the molecule is CCOc1ccc(OCC)c2c1C(=N)NC2=C1SC(N(CC)c2ccccc2)=NC1=N. The largest absolute Gasteiger partial charge is 0.493 e. The van der Waals surface area contributed by atoms with Gasteiger partial charge in [-0.2, -0.15) is 0 Å². The van der Waals surface area contributed by atoms with E-state index in [2.05, 4.69) is 22.1 Å². The number of aliphatic imine (C=N–C) groups is 1. The second-order valence-corrected chi connectivity index (χ2v) is 7.78. The van der Waals surface area contributed by atoms with Crippen molar-refractivity contribution in [2.45, 2.75) is 20.8 Å². The Hall–Kier alpha value is -3.26. The average molecular weight is 436 g/mol. The van der Waals surface area contributed by atoms with Crippen molar-refractivity contribution >= 4 is 40.0 Å². The van der Waals surface area contributed by atoms with E-state index in [9.17, 15) is 0 Å². The molecule has 8 heteroatoms. The molecule has 4 rings (SSSR count). The van der Waals surface area contributed by atoms with Gasteiger partial charge in [-0.25, -0.2) is 4.99 Å². The number of anilines is 1. The predicted octanol–water partition coefficient (Wildman–Crippen LogP) is 4.69. The van der Waals surface area contributed by atoms with E-state index >= 15 is 0 Å². The Morgan fingerprint density at radius 3 is 2.19 bits per heavy atom. The zero-order valence-corrected chi connectivity index (χ0v) is 18.6. The van der Waals surface area contributed by atoms with E-state index in [4.69, 9.17) is 20.3 Å². The average Bonchev–Trinajstić information content (AvgIpc) is 3.32. The number of hydrogen-bond donors (Lipinski definition) is 3. The van der Waals surface area contributed by atoms with Crippen molar-refractivity contribution in [2.24, 2.45) is 4.99 Å². The highest BCUT2D eigenvalue weighted by Gasteiger charge is 2.35. The van der Waals surface area contributed by atoms with E-state index in [0.717, 1.165) is 23.0 Å². The van der Waals surface area contributed by atoms with Gasteiger partial charge in [0.25, 0.3) is 0 Å². The molecule has 0 unspecified atom stereocenters. The zero-order chi connectivity index (χ0) is 22.0. The quantitative estimate of drug-likeness (QED) is 0.612. The number of nitrogens with one attached hydrogen (secondary N) is 3. The molecule has 31 heavy (non-hydrogen) atoms. The molecule has 0 aromatic heterocycles. The Morgan fingerprint density at radius 2 is 1.58 bits per heavy atom. The molecule has 3 N–H and O–H groups in total. The van der Waals surface area contributed by atoms with Crippen molar-refractivity contribution in [3.8, 4) is 11.5 Å². The van der Waals surface area contributed by atoms with Gasteiger partial charge in [0.05, 0.1) is 34.9 Å². The van der Waals surface area contributed by atoms with Crippen LogP contribution < -0.4 is 19.7 Å². The van der Waals surface area contributed by atoms with Gasteiger partial charge in [-0.3, -0.25) is 10.8 Å². The number of rotatable bonds is 6. The number of nitrogens with zero attached hydrogens (tertiary/aromatic N) is 2. The van der Waals surface area contributed by atoms with E-state index in [0.29, 0.717) is 40.9 Å². The Bertz CT molecular complexity index is 1090. The molecule has 2 aliphatic rings. The molecule has 0 atom stereocenters. The summed E-state index contributed by atoms with van der Waals surface area (Å²) in [4.78, 5) is 7.29. The fourth-order valence-corrected chi connectivity index (χ4v) is 4.72. The topological polar surface area (TPSA) is 93.8 Å². The first-order valence-electron chi connectivity index (χ1n) is 10.3. The highest BCUT2D eigenvalue weighted by Crippen LogP contribution is 2.44. The number of thioether (sulfide) groups is 1. The van der Waals surface area contributed by atoms with Gasteiger partial charge >= 0.3 is 0 Å². The Morgan fingerprint density at radius 1 is 0.935 bits per heavy atom. The molecular formula is C23H25N5O2S. The Labute approximate surface area is 186 Å². The minimum absolute atomic E-state index is 0.168.